The summed E-state index contributed by atoms with van der Waals surface area (Å²) in [7, 11) is 1.33. The van der Waals surface area contributed by atoms with Gasteiger partial charge in [0.2, 0.25) is 5.91 Å². The number of nitrogens with one attached hydrogen (secondary N) is 3. The minimum absolute atomic E-state index is 0.148. The number of aryl methyl sites for hydroxylation is 1. The maximum Gasteiger partial charge on any atom is 0.407 e. The van der Waals surface area contributed by atoms with E-state index >= 15 is 0 Å². The molecule has 3 N–H and O–H groups in total. The Kier molecular flexibility index (Phi) is 11.2. The highest BCUT2D eigenvalue weighted by molar-refractivity contribution is 6.03. The van der Waals surface area contributed by atoms with Crippen LogP contribution >= 0.6 is 0 Å². The van der Waals surface area contributed by atoms with Gasteiger partial charge in [0.1, 0.15) is 12.6 Å². The van der Waals surface area contributed by atoms with E-state index < -0.39 is 18.0 Å². The molecule has 3 amide bonds. The minimum Gasteiger partial charge on any atom is -0.469 e. The largest absolute Gasteiger partial charge is 0.469 e. The van der Waals surface area contributed by atoms with E-state index in [1.54, 1.807) is 24.3 Å². The van der Waals surface area contributed by atoms with E-state index in [4.69, 9.17) is 9.47 Å². The molecule has 0 heterocycles. The average molecular weight is 582 g/mol. The van der Waals surface area contributed by atoms with Crippen LogP contribution in [0.15, 0.2) is 97.1 Å². The Bertz CT molecular complexity index is 1560. The molecule has 0 spiro atoms. The number of para-hydroxylation sites is 1. The molecule has 0 saturated carbocycles. The zero-order valence-corrected chi connectivity index (χ0v) is 24.0. The smallest absolute Gasteiger partial charge is 0.407 e. The zero-order chi connectivity index (χ0) is 30.4. The first-order valence-corrected chi connectivity index (χ1v) is 14.1. The molecule has 0 saturated heterocycles. The number of hydrogen-bond acceptors (Lipinski definition) is 6. The monoisotopic (exact) mass is 581 g/mol. The lowest BCUT2D eigenvalue weighted by atomic mass is 10.0. The van der Waals surface area contributed by atoms with Crippen molar-refractivity contribution < 1.29 is 28.7 Å². The molecule has 4 aromatic carbocycles. The van der Waals surface area contributed by atoms with Crippen LogP contribution in [0.25, 0.3) is 10.8 Å². The average Bonchev–Trinajstić information content (AvgIpc) is 3.04. The van der Waals surface area contributed by atoms with Crippen LogP contribution in [0.2, 0.25) is 0 Å². The van der Waals surface area contributed by atoms with Gasteiger partial charge in [-0.05, 0) is 59.4 Å². The van der Waals surface area contributed by atoms with E-state index in [2.05, 4.69) is 16.0 Å². The molecule has 43 heavy (non-hydrogen) atoms. The highest BCUT2D eigenvalue weighted by Gasteiger charge is 2.23. The van der Waals surface area contributed by atoms with Crippen molar-refractivity contribution in [2.75, 3.05) is 19.0 Å². The highest BCUT2D eigenvalue weighted by Crippen LogP contribution is 2.19. The molecule has 0 aliphatic rings. The first kappa shape index (κ1) is 30.8. The number of hydrogen-bond donors (Lipinski definition) is 3. The van der Waals surface area contributed by atoms with Crippen LogP contribution in [0.5, 0.6) is 0 Å². The van der Waals surface area contributed by atoms with Gasteiger partial charge < -0.3 is 25.4 Å². The molecule has 0 aliphatic carbocycles. The predicted octanol–water partition coefficient (Wildman–Crippen LogP) is 5.39. The van der Waals surface area contributed by atoms with Crippen molar-refractivity contribution in [3.05, 3.63) is 114 Å². The molecule has 222 valence electrons. The molecule has 4 aromatic rings. The van der Waals surface area contributed by atoms with Gasteiger partial charge >= 0.3 is 12.1 Å². The van der Waals surface area contributed by atoms with Crippen LogP contribution in [-0.4, -0.2) is 43.6 Å². The van der Waals surface area contributed by atoms with Gasteiger partial charge in [-0.2, -0.15) is 0 Å². The van der Waals surface area contributed by atoms with Gasteiger partial charge in [-0.3, -0.25) is 14.4 Å². The second-order valence-corrected chi connectivity index (χ2v) is 9.94. The van der Waals surface area contributed by atoms with Crippen LogP contribution in [0, 0.1) is 0 Å². The third-order valence-corrected chi connectivity index (χ3v) is 6.89. The molecule has 9 heteroatoms. The second-order valence-electron chi connectivity index (χ2n) is 9.94. The topological polar surface area (TPSA) is 123 Å². The molecule has 1 atom stereocenters. The van der Waals surface area contributed by atoms with E-state index in [1.807, 2.05) is 72.8 Å². The Labute approximate surface area is 250 Å². The van der Waals surface area contributed by atoms with Crippen molar-refractivity contribution >= 4 is 40.3 Å². The minimum atomic E-state index is -0.894. The fraction of sp³-hybridized carbons (Fsp3) is 0.235. The van der Waals surface area contributed by atoms with Crippen molar-refractivity contribution in [1.29, 1.82) is 0 Å². The highest BCUT2D eigenvalue weighted by atomic mass is 16.5. The van der Waals surface area contributed by atoms with Gasteiger partial charge in [-0.1, -0.05) is 78.9 Å². The zero-order valence-electron chi connectivity index (χ0n) is 24.0. The second kappa shape index (κ2) is 15.7. The number of ether oxygens (including phenoxy) is 2. The van der Waals surface area contributed by atoms with E-state index in [-0.39, 0.29) is 37.9 Å². The lowest BCUT2D eigenvalue weighted by Crippen LogP contribution is -2.44. The maximum absolute atomic E-state index is 13.5. The van der Waals surface area contributed by atoms with Crippen LogP contribution in [0.1, 0.15) is 40.7 Å². The van der Waals surface area contributed by atoms with E-state index in [1.165, 1.54) is 7.11 Å². The van der Waals surface area contributed by atoms with Gasteiger partial charge in [-0.15, -0.1) is 0 Å². The normalized spacial score (nSPS) is 11.3. The summed E-state index contributed by atoms with van der Waals surface area (Å²) in [4.78, 5) is 50.6. The molecular formula is C34H35N3O6. The predicted molar refractivity (Wildman–Crippen MR) is 164 cm³/mol. The van der Waals surface area contributed by atoms with E-state index in [0.717, 1.165) is 21.9 Å². The number of alkyl carbamates (subject to hydrolysis) is 1. The lowest BCUT2D eigenvalue weighted by Gasteiger charge is -2.20. The summed E-state index contributed by atoms with van der Waals surface area (Å²) in [5, 5.41) is 10.4. The summed E-state index contributed by atoms with van der Waals surface area (Å²) in [6.45, 7) is 0.397. The summed E-state index contributed by atoms with van der Waals surface area (Å²) < 4.78 is 9.99. The van der Waals surface area contributed by atoms with Gasteiger partial charge in [0.25, 0.3) is 5.91 Å². The van der Waals surface area contributed by atoms with Gasteiger partial charge in [0, 0.05) is 24.2 Å². The number of rotatable bonds is 13. The number of benzene rings is 4. The quantitative estimate of drug-likeness (QED) is 0.144. The van der Waals surface area contributed by atoms with Crippen molar-refractivity contribution in [3.63, 3.8) is 0 Å². The molecule has 0 bridgehead atoms. The van der Waals surface area contributed by atoms with Crippen molar-refractivity contribution in [2.45, 2.75) is 38.3 Å². The van der Waals surface area contributed by atoms with Crippen molar-refractivity contribution in [3.8, 4) is 0 Å². The summed E-state index contributed by atoms with van der Waals surface area (Å²) >= 11 is 0. The third-order valence-electron chi connectivity index (χ3n) is 6.89. The third kappa shape index (κ3) is 9.43. The number of carbonyl (C=O) groups excluding carboxylic acids is 4. The number of amides is 3. The van der Waals surface area contributed by atoms with E-state index in [9.17, 15) is 19.2 Å². The van der Waals surface area contributed by atoms with Crippen molar-refractivity contribution in [1.82, 2.24) is 10.6 Å². The Hall–Kier alpha value is -5.18. The summed E-state index contributed by atoms with van der Waals surface area (Å²) in [6.07, 6.45) is 0.642. The fourth-order valence-electron chi connectivity index (χ4n) is 4.53. The number of carbonyl (C=O) groups is 4. The molecular weight excluding hydrogens is 546 g/mol. The van der Waals surface area contributed by atoms with Gasteiger partial charge in [0.05, 0.1) is 7.11 Å². The van der Waals surface area contributed by atoms with Crippen LogP contribution in [0.3, 0.4) is 0 Å². The first-order chi connectivity index (χ1) is 20.9. The number of methoxy groups -OCH3 is 1. The number of fused-ring (bicyclic) bond motifs is 1. The fourth-order valence-corrected chi connectivity index (χ4v) is 4.53. The van der Waals surface area contributed by atoms with Gasteiger partial charge in [0.15, 0.2) is 0 Å². The van der Waals surface area contributed by atoms with Crippen LogP contribution < -0.4 is 16.0 Å². The van der Waals surface area contributed by atoms with E-state index in [0.29, 0.717) is 24.1 Å². The first-order valence-electron chi connectivity index (χ1n) is 14.1. The Morgan fingerprint density at radius 1 is 0.814 bits per heavy atom. The van der Waals surface area contributed by atoms with Gasteiger partial charge in [-0.25, -0.2) is 4.79 Å². The summed E-state index contributed by atoms with van der Waals surface area (Å²) in [5.74, 6) is -1.15. The summed E-state index contributed by atoms with van der Waals surface area (Å²) in [6, 6.07) is 28.7. The number of esters is 1. The van der Waals surface area contributed by atoms with Crippen molar-refractivity contribution in [2.24, 2.45) is 0 Å². The Morgan fingerprint density at radius 2 is 1.53 bits per heavy atom. The molecule has 0 unspecified atom stereocenters. The van der Waals surface area contributed by atoms with Crippen LogP contribution in [0.4, 0.5) is 10.5 Å². The standard InChI is InChI=1S/C34H35N3O6/c1-42-31(38)20-19-26-13-7-8-15-29(26)36-33(40)30(16-9-21-35-34(41)43-23-24-10-3-2-4-11-24)37-32(39)28-18-17-25-12-5-6-14-27(25)22-28/h2-8,10-15,17-18,22,30H,9,16,19-21,23H2,1H3,(H,35,41)(H,36,40)(H,37,39)/t30-/m0/s1. The number of anilines is 1. The maximum atomic E-state index is 13.5. The molecule has 0 aromatic heterocycles. The Morgan fingerprint density at radius 3 is 2.33 bits per heavy atom. The summed E-state index contributed by atoms with van der Waals surface area (Å²) in [5.41, 5.74) is 2.61. The lowest BCUT2D eigenvalue weighted by molar-refractivity contribution is -0.140. The Balaban J connectivity index is 1.40. The molecule has 0 fully saturated rings. The molecule has 9 nitrogen and oxygen atoms in total. The molecule has 0 aliphatic heterocycles. The molecule has 0 radical (unpaired) electrons. The molecule has 4 rings (SSSR count). The van der Waals surface area contributed by atoms with Crippen LogP contribution in [-0.2, 0) is 32.1 Å². The SMILES string of the molecule is COC(=O)CCc1ccccc1NC(=O)[C@H](CCCNC(=O)OCc1ccccc1)NC(=O)c1ccc2ccccc2c1.